The SMILES string of the molecule is CCOCCN1CCN(CCc2ccc(C3=CC(=C4C(=O)Nc5cc(F)ccc54)OC3(C)C)cn2)CC1. The number of ether oxygens (including phenoxy) is 2. The number of carbonyl (C=O) groups excluding carboxylic acids is 1. The van der Waals surface area contributed by atoms with E-state index >= 15 is 0 Å². The molecule has 1 N–H and O–H groups in total. The largest absolute Gasteiger partial charge is 0.482 e. The van der Waals surface area contributed by atoms with Crippen LogP contribution in [-0.4, -0.2) is 78.8 Å². The van der Waals surface area contributed by atoms with Gasteiger partial charge in [-0.25, -0.2) is 4.39 Å². The van der Waals surface area contributed by atoms with Gasteiger partial charge < -0.3 is 19.7 Å². The molecule has 0 radical (unpaired) electrons. The van der Waals surface area contributed by atoms with Crippen LogP contribution in [0.2, 0.25) is 0 Å². The van der Waals surface area contributed by atoms with Crippen LogP contribution in [0.5, 0.6) is 0 Å². The number of allylic oxidation sites excluding steroid dienone is 1. The quantitative estimate of drug-likeness (QED) is 0.432. The zero-order chi connectivity index (χ0) is 26.0. The van der Waals surface area contributed by atoms with Crippen molar-refractivity contribution in [3.05, 3.63) is 71.0 Å². The first-order chi connectivity index (χ1) is 17.8. The van der Waals surface area contributed by atoms with Gasteiger partial charge in [0, 0.05) is 80.9 Å². The number of hydrogen-bond acceptors (Lipinski definition) is 6. The predicted octanol–water partition coefficient (Wildman–Crippen LogP) is 3.97. The Morgan fingerprint density at radius 1 is 1.11 bits per heavy atom. The van der Waals surface area contributed by atoms with E-state index < -0.39 is 5.60 Å². The van der Waals surface area contributed by atoms with Gasteiger partial charge in [0.25, 0.3) is 5.91 Å². The Morgan fingerprint density at radius 3 is 2.57 bits per heavy atom. The van der Waals surface area contributed by atoms with E-state index in [0.717, 1.165) is 75.7 Å². The molecule has 1 saturated heterocycles. The fourth-order valence-electron chi connectivity index (χ4n) is 5.19. The van der Waals surface area contributed by atoms with E-state index in [-0.39, 0.29) is 11.7 Å². The summed E-state index contributed by atoms with van der Waals surface area (Å²) in [4.78, 5) is 22.4. The molecule has 0 saturated carbocycles. The van der Waals surface area contributed by atoms with Crippen molar-refractivity contribution in [1.82, 2.24) is 14.8 Å². The highest BCUT2D eigenvalue weighted by atomic mass is 19.1. The highest BCUT2D eigenvalue weighted by Crippen LogP contribution is 2.44. The zero-order valence-corrected chi connectivity index (χ0v) is 21.8. The van der Waals surface area contributed by atoms with Gasteiger partial charge in [-0.15, -0.1) is 0 Å². The fourth-order valence-corrected chi connectivity index (χ4v) is 5.19. The van der Waals surface area contributed by atoms with Gasteiger partial charge in [0.2, 0.25) is 0 Å². The second kappa shape index (κ2) is 10.7. The Morgan fingerprint density at radius 2 is 1.86 bits per heavy atom. The Balaban J connectivity index is 1.24. The number of halogens is 1. The Kier molecular flexibility index (Phi) is 7.42. The number of rotatable bonds is 8. The summed E-state index contributed by atoms with van der Waals surface area (Å²) in [5, 5.41) is 2.74. The first-order valence-electron chi connectivity index (χ1n) is 13.1. The van der Waals surface area contributed by atoms with Crippen molar-refractivity contribution in [2.75, 3.05) is 57.8 Å². The number of carbonyl (C=O) groups is 1. The van der Waals surface area contributed by atoms with E-state index in [2.05, 4.69) is 27.2 Å². The maximum absolute atomic E-state index is 13.6. The van der Waals surface area contributed by atoms with Crippen LogP contribution in [0.3, 0.4) is 0 Å². The highest BCUT2D eigenvalue weighted by Gasteiger charge is 2.38. The summed E-state index contributed by atoms with van der Waals surface area (Å²) in [6.07, 6.45) is 4.71. The van der Waals surface area contributed by atoms with E-state index in [1.54, 1.807) is 6.07 Å². The number of nitrogens with zero attached hydrogens (tertiary/aromatic N) is 3. The number of hydrogen-bond donors (Lipinski definition) is 1. The highest BCUT2D eigenvalue weighted by molar-refractivity contribution is 6.32. The van der Waals surface area contributed by atoms with E-state index in [1.165, 1.54) is 12.1 Å². The summed E-state index contributed by atoms with van der Waals surface area (Å²) in [5.74, 6) is -0.181. The monoisotopic (exact) mass is 506 g/mol. The second-order valence-electron chi connectivity index (χ2n) is 10.2. The molecule has 0 bridgehead atoms. The number of fused-ring (bicyclic) bond motifs is 1. The maximum atomic E-state index is 13.6. The topological polar surface area (TPSA) is 66.9 Å². The van der Waals surface area contributed by atoms with Crippen LogP contribution >= 0.6 is 0 Å². The Labute approximate surface area is 218 Å². The zero-order valence-electron chi connectivity index (χ0n) is 21.8. The minimum atomic E-state index is -0.629. The number of amides is 1. The predicted molar refractivity (Wildman–Crippen MR) is 142 cm³/mol. The van der Waals surface area contributed by atoms with Crippen molar-refractivity contribution in [3.8, 4) is 0 Å². The third-order valence-corrected chi connectivity index (χ3v) is 7.30. The van der Waals surface area contributed by atoms with Gasteiger partial charge in [0.15, 0.2) is 0 Å². The molecule has 0 spiro atoms. The Bertz CT molecular complexity index is 1210. The van der Waals surface area contributed by atoms with E-state index in [0.29, 0.717) is 22.6 Å². The number of nitrogens with one attached hydrogen (secondary N) is 1. The number of piperazine rings is 1. The van der Waals surface area contributed by atoms with Crippen LogP contribution in [0.15, 0.2) is 48.4 Å². The average molecular weight is 507 g/mol. The lowest BCUT2D eigenvalue weighted by Gasteiger charge is -2.34. The lowest BCUT2D eigenvalue weighted by molar-refractivity contribution is -0.111. The molecule has 1 fully saturated rings. The van der Waals surface area contributed by atoms with E-state index in [4.69, 9.17) is 14.5 Å². The van der Waals surface area contributed by atoms with Gasteiger partial charge in [-0.2, -0.15) is 0 Å². The number of pyridine rings is 1. The molecule has 0 unspecified atom stereocenters. The van der Waals surface area contributed by atoms with Crippen LogP contribution in [0.4, 0.5) is 10.1 Å². The van der Waals surface area contributed by atoms with Gasteiger partial charge in [-0.3, -0.25) is 14.7 Å². The molecule has 0 aliphatic carbocycles. The molecular formula is C29H35FN4O3. The summed E-state index contributed by atoms with van der Waals surface area (Å²) in [6, 6.07) is 8.46. The minimum Gasteiger partial charge on any atom is -0.482 e. The molecule has 196 valence electrons. The Hall–Kier alpha value is -3.07. The van der Waals surface area contributed by atoms with Gasteiger partial charge in [-0.05, 0) is 51.1 Å². The minimum absolute atomic E-state index is 0.285. The standard InChI is InChI=1S/C29H35FN4O3/c1-4-36-16-15-34-13-11-33(12-14-34)10-9-22-7-5-20(19-31-22)24-18-26(37-29(24,2)3)27-23-8-6-21(30)17-25(23)32-28(27)35/h5-8,17-19H,4,9-16H2,1-3H3,(H,32,35). The second-order valence-corrected chi connectivity index (χ2v) is 10.2. The molecule has 0 atom stereocenters. The molecular weight excluding hydrogens is 471 g/mol. The first-order valence-corrected chi connectivity index (χ1v) is 13.1. The third-order valence-electron chi connectivity index (χ3n) is 7.30. The molecule has 1 amide bonds. The molecule has 5 rings (SSSR count). The van der Waals surface area contributed by atoms with Crippen LogP contribution < -0.4 is 5.32 Å². The van der Waals surface area contributed by atoms with Crippen LogP contribution in [0.1, 0.15) is 37.6 Å². The van der Waals surface area contributed by atoms with Crippen molar-refractivity contribution in [2.24, 2.45) is 0 Å². The fraction of sp³-hybridized carbons (Fsp3) is 0.448. The molecule has 8 heteroatoms. The van der Waals surface area contributed by atoms with Gasteiger partial charge in [0.05, 0.1) is 17.9 Å². The average Bonchev–Trinajstić information content (AvgIpc) is 3.37. The number of anilines is 1. The van der Waals surface area contributed by atoms with Crippen molar-refractivity contribution in [1.29, 1.82) is 0 Å². The van der Waals surface area contributed by atoms with Gasteiger partial charge >= 0.3 is 0 Å². The van der Waals surface area contributed by atoms with Crippen molar-refractivity contribution in [3.63, 3.8) is 0 Å². The normalized spacial score (nSPS) is 21.5. The lowest BCUT2D eigenvalue weighted by atomic mass is 9.93. The molecule has 3 aliphatic heterocycles. The first kappa shape index (κ1) is 25.6. The van der Waals surface area contributed by atoms with Crippen molar-refractivity contribution >= 4 is 22.7 Å². The van der Waals surface area contributed by atoms with Gasteiger partial charge in [-0.1, -0.05) is 6.07 Å². The van der Waals surface area contributed by atoms with Crippen molar-refractivity contribution < 1.29 is 18.7 Å². The number of benzene rings is 1. The van der Waals surface area contributed by atoms with E-state index in [1.807, 2.05) is 33.0 Å². The maximum Gasteiger partial charge on any atom is 0.260 e. The summed E-state index contributed by atoms with van der Waals surface area (Å²) in [5.41, 5.74) is 3.90. The molecule has 1 aromatic heterocycles. The van der Waals surface area contributed by atoms with Crippen LogP contribution in [0, 0.1) is 5.82 Å². The smallest absolute Gasteiger partial charge is 0.260 e. The molecule has 7 nitrogen and oxygen atoms in total. The lowest BCUT2D eigenvalue weighted by Crippen LogP contribution is -2.47. The molecule has 1 aromatic carbocycles. The van der Waals surface area contributed by atoms with Crippen LogP contribution in [-0.2, 0) is 20.7 Å². The van der Waals surface area contributed by atoms with Gasteiger partial charge in [0.1, 0.15) is 17.2 Å². The molecule has 3 aliphatic rings. The summed E-state index contributed by atoms with van der Waals surface area (Å²) >= 11 is 0. The molecule has 2 aromatic rings. The van der Waals surface area contributed by atoms with E-state index in [9.17, 15) is 9.18 Å². The number of aromatic nitrogens is 1. The summed E-state index contributed by atoms with van der Waals surface area (Å²) < 4.78 is 25.3. The molecule has 37 heavy (non-hydrogen) atoms. The summed E-state index contributed by atoms with van der Waals surface area (Å²) in [6.45, 7) is 13.9. The summed E-state index contributed by atoms with van der Waals surface area (Å²) in [7, 11) is 0. The third kappa shape index (κ3) is 5.61. The molecule has 4 heterocycles. The van der Waals surface area contributed by atoms with Crippen molar-refractivity contribution in [2.45, 2.75) is 32.8 Å². The van der Waals surface area contributed by atoms with Crippen LogP contribution in [0.25, 0.3) is 11.1 Å².